The summed E-state index contributed by atoms with van der Waals surface area (Å²) in [6.45, 7) is 5.45. The second-order valence-electron chi connectivity index (χ2n) is 5.86. The average Bonchev–Trinajstić information content (AvgIpc) is 2.64. The van der Waals surface area contributed by atoms with E-state index < -0.39 is 0 Å². The molecule has 0 unspecified atom stereocenters. The number of carbonyl (C=O) groups excluding carboxylic acids is 1. The summed E-state index contributed by atoms with van der Waals surface area (Å²) in [5, 5.41) is 5.74. The second kappa shape index (κ2) is 8.31. The van der Waals surface area contributed by atoms with E-state index in [1.165, 1.54) is 0 Å². The number of pyridine rings is 1. The van der Waals surface area contributed by atoms with Gasteiger partial charge in [0.2, 0.25) is 0 Å². The van der Waals surface area contributed by atoms with Crippen molar-refractivity contribution in [2.75, 3.05) is 36.5 Å². The molecule has 1 aliphatic heterocycles. The highest BCUT2D eigenvalue weighted by atomic mass is 79.9. The summed E-state index contributed by atoms with van der Waals surface area (Å²) in [5.41, 5.74) is 2.86. The maximum Gasteiger partial charge on any atom is 0.319 e. The summed E-state index contributed by atoms with van der Waals surface area (Å²) in [7, 11) is 0. The maximum atomic E-state index is 12.2. The van der Waals surface area contributed by atoms with Gasteiger partial charge in [-0.05, 0) is 30.7 Å². The number of ether oxygens (including phenoxy) is 1. The number of benzene rings is 1. The zero-order valence-corrected chi connectivity index (χ0v) is 15.7. The van der Waals surface area contributed by atoms with Gasteiger partial charge in [-0.25, -0.2) is 9.78 Å². The lowest BCUT2D eigenvalue weighted by atomic mass is 10.2. The first-order chi connectivity index (χ1) is 12.1. The lowest BCUT2D eigenvalue weighted by molar-refractivity contribution is 0.122. The van der Waals surface area contributed by atoms with Crippen LogP contribution in [0.4, 0.5) is 16.3 Å². The summed E-state index contributed by atoms with van der Waals surface area (Å²) in [5.74, 6) is 0.907. The minimum atomic E-state index is -0.243. The van der Waals surface area contributed by atoms with E-state index in [1.54, 1.807) is 6.20 Å². The molecule has 0 aliphatic carbocycles. The Hall–Kier alpha value is -2.12. The Labute approximate surface area is 155 Å². The number of amides is 2. The fourth-order valence-electron chi connectivity index (χ4n) is 2.65. The van der Waals surface area contributed by atoms with Gasteiger partial charge in [0, 0.05) is 41.6 Å². The molecule has 0 atom stereocenters. The molecular weight excluding hydrogens is 384 g/mol. The first-order valence-electron chi connectivity index (χ1n) is 8.21. The molecule has 1 fully saturated rings. The molecule has 0 spiro atoms. The molecule has 25 heavy (non-hydrogen) atoms. The molecule has 0 saturated carbocycles. The van der Waals surface area contributed by atoms with E-state index in [4.69, 9.17) is 4.74 Å². The van der Waals surface area contributed by atoms with Crippen molar-refractivity contribution in [2.24, 2.45) is 0 Å². The summed E-state index contributed by atoms with van der Waals surface area (Å²) >= 11 is 3.47. The molecule has 132 valence electrons. The third-order valence-electron chi connectivity index (χ3n) is 4.05. The Balaban J connectivity index is 1.61. The molecule has 2 heterocycles. The van der Waals surface area contributed by atoms with Gasteiger partial charge in [-0.1, -0.05) is 28.1 Å². The first-order valence-corrected chi connectivity index (χ1v) is 9.00. The van der Waals surface area contributed by atoms with Crippen LogP contribution in [0.3, 0.4) is 0 Å². The van der Waals surface area contributed by atoms with Gasteiger partial charge in [0.1, 0.15) is 5.82 Å². The smallest absolute Gasteiger partial charge is 0.319 e. The maximum absolute atomic E-state index is 12.2. The van der Waals surface area contributed by atoms with Gasteiger partial charge in [-0.15, -0.1) is 0 Å². The molecule has 1 aromatic carbocycles. The van der Waals surface area contributed by atoms with Crippen molar-refractivity contribution < 1.29 is 9.53 Å². The van der Waals surface area contributed by atoms with Gasteiger partial charge in [0.25, 0.3) is 0 Å². The summed E-state index contributed by atoms with van der Waals surface area (Å²) in [6, 6.07) is 9.35. The van der Waals surface area contributed by atoms with E-state index in [0.29, 0.717) is 19.8 Å². The first kappa shape index (κ1) is 17.7. The Kier molecular flexibility index (Phi) is 5.88. The van der Waals surface area contributed by atoms with E-state index in [2.05, 4.69) is 36.4 Å². The molecule has 1 saturated heterocycles. The number of aryl methyl sites for hydroxylation is 1. The van der Waals surface area contributed by atoms with Crippen LogP contribution in [-0.4, -0.2) is 37.3 Å². The largest absolute Gasteiger partial charge is 0.378 e. The monoisotopic (exact) mass is 404 g/mol. The summed E-state index contributed by atoms with van der Waals surface area (Å²) < 4.78 is 6.36. The van der Waals surface area contributed by atoms with E-state index >= 15 is 0 Å². The highest BCUT2D eigenvalue weighted by Crippen LogP contribution is 2.21. The van der Waals surface area contributed by atoms with Crippen molar-refractivity contribution in [3.05, 3.63) is 52.1 Å². The van der Waals surface area contributed by atoms with Gasteiger partial charge >= 0.3 is 6.03 Å². The number of rotatable bonds is 4. The number of carbonyl (C=O) groups is 1. The van der Waals surface area contributed by atoms with Crippen LogP contribution < -0.4 is 15.5 Å². The highest BCUT2D eigenvalue weighted by Gasteiger charge is 2.16. The number of hydrogen-bond acceptors (Lipinski definition) is 4. The van der Waals surface area contributed by atoms with Crippen molar-refractivity contribution >= 4 is 33.5 Å². The van der Waals surface area contributed by atoms with Crippen LogP contribution in [-0.2, 0) is 11.3 Å². The van der Waals surface area contributed by atoms with E-state index in [0.717, 1.165) is 40.2 Å². The lowest BCUT2D eigenvalue weighted by Crippen LogP contribution is -2.38. The zero-order valence-electron chi connectivity index (χ0n) is 14.1. The van der Waals surface area contributed by atoms with E-state index in [-0.39, 0.29) is 6.03 Å². The van der Waals surface area contributed by atoms with Crippen LogP contribution in [0.5, 0.6) is 0 Å². The van der Waals surface area contributed by atoms with Gasteiger partial charge < -0.3 is 20.3 Å². The third kappa shape index (κ3) is 4.70. The molecule has 7 heteroatoms. The van der Waals surface area contributed by atoms with Gasteiger partial charge in [0.05, 0.1) is 13.2 Å². The molecule has 2 aromatic rings. The Morgan fingerprint density at radius 3 is 2.88 bits per heavy atom. The summed E-state index contributed by atoms with van der Waals surface area (Å²) in [6.07, 6.45) is 1.78. The highest BCUT2D eigenvalue weighted by molar-refractivity contribution is 9.10. The van der Waals surface area contributed by atoms with Crippen molar-refractivity contribution in [1.29, 1.82) is 0 Å². The van der Waals surface area contributed by atoms with Gasteiger partial charge in [0.15, 0.2) is 0 Å². The topological polar surface area (TPSA) is 66.5 Å². The quantitative estimate of drug-likeness (QED) is 0.819. The van der Waals surface area contributed by atoms with Crippen LogP contribution in [0.25, 0.3) is 0 Å². The second-order valence-corrected chi connectivity index (χ2v) is 6.71. The predicted octanol–water partition coefficient (Wildman–Crippen LogP) is 3.31. The SMILES string of the molecule is Cc1ccc(NC(=O)NCc2cccnc2N2CCOCC2)cc1Br. The molecule has 0 radical (unpaired) electrons. The molecule has 2 N–H and O–H groups in total. The average molecular weight is 405 g/mol. The van der Waals surface area contributed by atoms with Crippen LogP contribution in [0.1, 0.15) is 11.1 Å². The Morgan fingerprint density at radius 2 is 2.12 bits per heavy atom. The van der Waals surface area contributed by atoms with Crippen molar-refractivity contribution in [3.8, 4) is 0 Å². The van der Waals surface area contributed by atoms with Gasteiger partial charge in [-0.2, -0.15) is 0 Å². The molecule has 1 aromatic heterocycles. The van der Waals surface area contributed by atoms with E-state index in [1.807, 2.05) is 37.3 Å². The number of hydrogen-bond donors (Lipinski definition) is 2. The fourth-order valence-corrected chi connectivity index (χ4v) is 3.03. The van der Waals surface area contributed by atoms with Crippen molar-refractivity contribution in [2.45, 2.75) is 13.5 Å². The zero-order chi connectivity index (χ0) is 17.6. The molecule has 0 bridgehead atoms. The minimum absolute atomic E-state index is 0.243. The lowest BCUT2D eigenvalue weighted by Gasteiger charge is -2.29. The standard InChI is InChI=1S/C18H21BrN4O2/c1-13-4-5-15(11-16(13)19)22-18(24)21-12-14-3-2-6-20-17(14)23-7-9-25-10-8-23/h2-6,11H,7-10,12H2,1H3,(H2,21,22,24). The normalized spacial score (nSPS) is 14.2. The molecule has 2 amide bonds. The number of nitrogens with zero attached hydrogens (tertiary/aromatic N) is 2. The number of morpholine rings is 1. The number of nitrogens with one attached hydrogen (secondary N) is 2. The third-order valence-corrected chi connectivity index (χ3v) is 4.90. The van der Waals surface area contributed by atoms with Crippen molar-refractivity contribution in [3.63, 3.8) is 0 Å². The number of urea groups is 1. The van der Waals surface area contributed by atoms with Crippen LogP contribution in [0.2, 0.25) is 0 Å². The Morgan fingerprint density at radius 1 is 1.32 bits per heavy atom. The molecule has 1 aliphatic rings. The van der Waals surface area contributed by atoms with Crippen LogP contribution in [0.15, 0.2) is 41.0 Å². The van der Waals surface area contributed by atoms with E-state index in [9.17, 15) is 4.79 Å². The molecule has 6 nitrogen and oxygen atoms in total. The predicted molar refractivity (Wildman–Crippen MR) is 102 cm³/mol. The molecular formula is C18H21BrN4O2. The number of aromatic nitrogens is 1. The van der Waals surface area contributed by atoms with Crippen LogP contribution in [0, 0.1) is 6.92 Å². The minimum Gasteiger partial charge on any atom is -0.378 e. The number of halogens is 1. The van der Waals surface area contributed by atoms with Gasteiger partial charge in [-0.3, -0.25) is 0 Å². The van der Waals surface area contributed by atoms with Crippen molar-refractivity contribution in [1.82, 2.24) is 10.3 Å². The number of anilines is 2. The van der Waals surface area contributed by atoms with Crippen LogP contribution >= 0.6 is 15.9 Å². The molecule has 3 rings (SSSR count). The fraction of sp³-hybridized carbons (Fsp3) is 0.333. The summed E-state index contributed by atoms with van der Waals surface area (Å²) in [4.78, 5) is 18.8. The Bertz CT molecular complexity index is 748.